The van der Waals surface area contributed by atoms with Crippen molar-refractivity contribution in [3.63, 3.8) is 0 Å². The third-order valence-electron chi connectivity index (χ3n) is 4.01. The number of hydrogen-bond donors (Lipinski definition) is 2. The Morgan fingerprint density at radius 1 is 1.12 bits per heavy atom. The van der Waals surface area contributed by atoms with Gasteiger partial charge in [0.1, 0.15) is 5.75 Å². The van der Waals surface area contributed by atoms with Crippen LogP contribution in [0.3, 0.4) is 0 Å². The molecule has 7 heteroatoms. The first-order valence-electron chi connectivity index (χ1n) is 7.84. The maximum atomic E-state index is 12.3. The second-order valence-electron chi connectivity index (χ2n) is 6.25. The lowest BCUT2D eigenvalue weighted by atomic mass is 10.0. The maximum absolute atomic E-state index is 12.3. The van der Waals surface area contributed by atoms with Crippen LogP contribution in [0.1, 0.15) is 35.7 Å². The van der Waals surface area contributed by atoms with Crippen LogP contribution in [-0.4, -0.2) is 26.0 Å². The van der Waals surface area contributed by atoms with Gasteiger partial charge in [-0.2, -0.15) is 0 Å². The summed E-state index contributed by atoms with van der Waals surface area (Å²) in [6.07, 6.45) is 0. The van der Waals surface area contributed by atoms with Crippen molar-refractivity contribution >= 4 is 33.0 Å². The molecule has 3 rings (SSSR count). The summed E-state index contributed by atoms with van der Waals surface area (Å²) in [6, 6.07) is 11.7. The van der Waals surface area contributed by atoms with E-state index in [0.29, 0.717) is 17.2 Å². The first kappa shape index (κ1) is 17.2. The minimum absolute atomic E-state index is 0.0139. The third-order valence-corrected chi connectivity index (χ3v) is 5.66. The molecule has 1 heterocycles. The van der Waals surface area contributed by atoms with Crippen LogP contribution in [0, 0.1) is 0 Å². The molecule has 1 aliphatic heterocycles. The number of carbonyl (C=O) groups is 2. The summed E-state index contributed by atoms with van der Waals surface area (Å²) >= 11 is 0. The molecule has 2 aromatic rings. The molecule has 0 bridgehead atoms. The first-order chi connectivity index (χ1) is 11.8. The molecular formula is C18H18N2O4S. The highest BCUT2D eigenvalue weighted by molar-refractivity contribution is 7.92. The zero-order valence-corrected chi connectivity index (χ0v) is 14.7. The van der Waals surface area contributed by atoms with Crippen LogP contribution < -0.4 is 10.6 Å². The van der Waals surface area contributed by atoms with Gasteiger partial charge in [0.25, 0.3) is 5.91 Å². The Labute approximate surface area is 146 Å². The SMILES string of the molecule is CC(C)c1ccc(C(=O)Nc2ccc3c(c2)S(=O)(=O)CC(=O)N3)cc1. The van der Waals surface area contributed by atoms with E-state index in [4.69, 9.17) is 0 Å². The molecule has 0 saturated carbocycles. The summed E-state index contributed by atoms with van der Waals surface area (Å²) in [7, 11) is -3.69. The van der Waals surface area contributed by atoms with Crippen molar-refractivity contribution in [2.24, 2.45) is 0 Å². The molecule has 0 fully saturated rings. The lowest BCUT2D eigenvalue weighted by molar-refractivity contribution is -0.114. The second-order valence-corrected chi connectivity index (χ2v) is 8.21. The fourth-order valence-corrected chi connectivity index (χ4v) is 3.95. The molecule has 0 unspecified atom stereocenters. The van der Waals surface area contributed by atoms with Crippen LogP contribution in [-0.2, 0) is 14.6 Å². The minimum atomic E-state index is -3.69. The number of rotatable bonds is 3. The van der Waals surface area contributed by atoms with E-state index in [1.807, 2.05) is 12.1 Å². The molecule has 2 amide bonds. The zero-order chi connectivity index (χ0) is 18.2. The molecule has 25 heavy (non-hydrogen) atoms. The van der Waals surface area contributed by atoms with Crippen LogP contribution in [0.2, 0.25) is 0 Å². The Hall–Kier alpha value is -2.67. The largest absolute Gasteiger partial charge is 0.324 e. The molecule has 1 aliphatic rings. The first-order valence-corrected chi connectivity index (χ1v) is 9.49. The Bertz CT molecular complexity index is 948. The van der Waals surface area contributed by atoms with Crippen LogP contribution in [0.15, 0.2) is 47.4 Å². The van der Waals surface area contributed by atoms with Gasteiger partial charge in [-0.3, -0.25) is 9.59 Å². The van der Waals surface area contributed by atoms with E-state index in [9.17, 15) is 18.0 Å². The summed E-state index contributed by atoms with van der Waals surface area (Å²) < 4.78 is 24.2. The Morgan fingerprint density at radius 3 is 2.44 bits per heavy atom. The highest BCUT2D eigenvalue weighted by Gasteiger charge is 2.29. The van der Waals surface area contributed by atoms with Crippen molar-refractivity contribution in [1.29, 1.82) is 0 Å². The van der Waals surface area contributed by atoms with E-state index < -0.39 is 21.5 Å². The van der Waals surface area contributed by atoms with E-state index in [-0.39, 0.29) is 16.5 Å². The van der Waals surface area contributed by atoms with Gasteiger partial charge in [0.2, 0.25) is 5.91 Å². The number of carbonyl (C=O) groups excluding carboxylic acids is 2. The van der Waals surface area contributed by atoms with Crippen molar-refractivity contribution in [2.45, 2.75) is 24.7 Å². The van der Waals surface area contributed by atoms with Crippen LogP contribution in [0.4, 0.5) is 11.4 Å². The fourth-order valence-electron chi connectivity index (χ4n) is 2.62. The quantitative estimate of drug-likeness (QED) is 0.882. The minimum Gasteiger partial charge on any atom is -0.324 e. The molecule has 0 atom stereocenters. The van der Waals surface area contributed by atoms with Gasteiger partial charge in [0.05, 0.1) is 10.6 Å². The lowest BCUT2D eigenvalue weighted by Gasteiger charge is -2.18. The molecule has 0 aromatic heterocycles. The van der Waals surface area contributed by atoms with E-state index >= 15 is 0 Å². The molecule has 2 aromatic carbocycles. The van der Waals surface area contributed by atoms with E-state index in [1.165, 1.54) is 12.1 Å². The Balaban J connectivity index is 1.84. The lowest BCUT2D eigenvalue weighted by Crippen LogP contribution is -2.29. The summed E-state index contributed by atoms with van der Waals surface area (Å²) in [6.45, 7) is 4.14. The van der Waals surface area contributed by atoms with E-state index in [2.05, 4.69) is 24.5 Å². The normalized spacial score (nSPS) is 15.4. The molecule has 0 aliphatic carbocycles. The van der Waals surface area contributed by atoms with Gasteiger partial charge in [-0.05, 0) is 41.8 Å². The average molecular weight is 358 g/mol. The predicted octanol–water partition coefficient (Wildman–Crippen LogP) is 2.79. The van der Waals surface area contributed by atoms with Gasteiger partial charge < -0.3 is 10.6 Å². The summed E-state index contributed by atoms with van der Waals surface area (Å²) in [5.41, 5.74) is 2.21. The topological polar surface area (TPSA) is 92.3 Å². The monoisotopic (exact) mass is 358 g/mol. The number of nitrogens with one attached hydrogen (secondary N) is 2. The van der Waals surface area contributed by atoms with E-state index in [0.717, 1.165) is 5.56 Å². The molecule has 130 valence electrons. The highest BCUT2D eigenvalue weighted by atomic mass is 32.2. The van der Waals surface area contributed by atoms with Crippen LogP contribution in [0.25, 0.3) is 0 Å². The van der Waals surface area contributed by atoms with Crippen molar-refractivity contribution < 1.29 is 18.0 Å². The van der Waals surface area contributed by atoms with Crippen molar-refractivity contribution in [1.82, 2.24) is 0 Å². The number of anilines is 2. The Morgan fingerprint density at radius 2 is 1.80 bits per heavy atom. The molecule has 2 N–H and O–H groups in total. The third kappa shape index (κ3) is 3.56. The van der Waals surface area contributed by atoms with E-state index in [1.54, 1.807) is 18.2 Å². The standard InChI is InChI=1S/C18H18N2O4S/c1-11(2)12-3-5-13(6-4-12)18(22)19-14-7-8-15-16(9-14)25(23,24)10-17(21)20-15/h3-9,11H,10H2,1-2H3,(H,19,22)(H,20,21). The van der Waals surface area contributed by atoms with Crippen LogP contribution >= 0.6 is 0 Å². The number of sulfone groups is 1. The van der Waals surface area contributed by atoms with Crippen molar-refractivity contribution in [3.8, 4) is 0 Å². The van der Waals surface area contributed by atoms with Gasteiger partial charge >= 0.3 is 0 Å². The molecule has 0 saturated heterocycles. The fraction of sp³-hybridized carbons (Fsp3) is 0.222. The molecule has 0 radical (unpaired) electrons. The number of amides is 2. The highest BCUT2D eigenvalue weighted by Crippen LogP contribution is 2.29. The number of benzene rings is 2. The summed E-state index contributed by atoms with van der Waals surface area (Å²) in [5, 5.41) is 5.20. The van der Waals surface area contributed by atoms with Gasteiger partial charge in [-0.1, -0.05) is 26.0 Å². The average Bonchev–Trinajstić information content (AvgIpc) is 2.54. The zero-order valence-electron chi connectivity index (χ0n) is 13.9. The van der Waals surface area contributed by atoms with Crippen molar-refractivity contribution in [2.75, 3.05) is 16.4 Å². The van der Waals surface area contributed by atoms with Gasteiger partial charge in [-0.25, -0.2) is 8.42 Å². The maximum Gasteiger partial charge on any atom is 0.255 e. The van der Waals surface area contributed by atoms with Crippen molar-refractivity contribution in [3.05, 3.63) is 53.6 Å². The number of fused-ring (bicyclic) bond motifs is 1. The molecule has 0 spiro atoms. The molecule has 6 nitrogen and oxygen atoms in total. The second kappa shape index (κ2) is 6.33. The summed E-state index contributed by atoms with van der Waals surface area (Å²) in [5.74, 6) is -1.10. The predicted molar refractivity (Wildman–Crippen MR) is 95.6 cm³/mol. The van der Waals surface area contributed by atoms with Gasteiger partial charge in [-0.15, -0.1) is 0 Å². The number of hydrogen-bond acceptors (Lipinski definition) is 4. The van der Waals surface area contributed by atoms with Crippen LogP contribution in [0.5, 0.6) is 0 Å². The Kier molecular flexibility index (Phi) is 4.34. The molecular weight excluding hydrogens is 340 g/mol. The van der Waals surface area contributed by atoms with Gasteiger partial charge in [0, 0.05) is 11.3 Å². The summed E-state index contributed by atoms with van der Waals surface area (Å²) in [4.78, 5) is 23.8. The smallest absolute Gasteiger partial charge is 0.255 e. The van der Waals surface area contributed by atoms with Gasteiger partial charge in [0.15, 0.2) is 9.84 Å².